The maximum Gasteiger partial charge on any atom is 0.144 e. The molecule has 0 amide bonds. The van der Waals surface area contributed by atoms with Crippen molar-refractivity contribution >= 4 is 17.6 Å². The van der Waals surface area contributed by atoms with Crippen molar-refractivity contribution < 1.29 is 8.94 Å². The first-order chi connectivity index (χ1) is 7.70. The molecule has 96 valence electrons. The highest BCUT2D eigenvalue weighted by molar-refractivity contribution is 7.91. The third kappa shape index (κ3) is 3.10. The molecule has 0 spiro atoms. The lowest BCUT2D eigenvalue weighted by Gasteiger charge is -2.17. The predicted molar refractivity (Wildman–Crippen MR) is 70.8 cm³/mol. The molecule has 1 aliphatic rings. The molecular formula is C12H19FN2OS. The van der Waals surface area contributed by atoms with E-state index in [1.165, 1.54) is 6.21 Å². The highest BCUT2D eigenvalue weighted by Crippen LogP contribution is 2.34. The zero-order valence-electron chi connectivity index (χ0n) is 10.7. The van der Waals surface area contributed by atoms with Crippen LogP contribution in [0.4, 0.5) is 4.39 Å². The van der Waals surface area contributed by atoms with E-state index in [4.69, 9.17) is 0 Å². The minimum atomic E-state index is -1.37. The van der Waals surface area contributed by atoms with Gasteiger partial charge < -0.3 is 9.87 Å². The lowest BCUT2D eigenvalue weighted by atomic mass is 9.91. The van der Waals surface area contributed by atoms with E-state index in [0.717, 1.165) is 0 Å². The molecule has 0 aromatic rings. The van der Waals surface area contributed by atoms with Gasteiger partial charge in [0.1, 0.15) is 28.2 Å². The zero-order valence-corrected chi connectivity index (χ0v) is 11.5. The maximum absolute atomic E-state index is 13.9. The van der Waals surface area contributed by atoms with Gasteiger partial charge in [0.05, 0.1) is 11.1 Å². The van der Waals surface area contributed by atoms with E-state index >= 15 is 0 Å². The highest BCUT2D eigenvalue weighted by atomic mass is 32.2. The van der Waals surface area contributed by atoms with Crippen molar-refractivity contribution in [3.05, 3.63) is 24.2 Å². The van der Waals surface area contributed by atoms with Crippen LogP contribution in [-0.2, 0) is 11.4 Å². The van der Waals surface area contributed by atoms with Gasteiger partial charge in [-0.15, -0.1) is 6.58 Å². The summed E-state index contributed by atoms with van der Waals surface area (Å²) < 4.78 is 29.1. The van der Waals surface area contributed by atoms with Gasteiger partial charge in [0, 0.05) is 6.54 Å². The minimum absolute atomic E-state index is 0.296. The smallest absolute Gasteiger partial charge is 0.144 e. The van der Waals surface area contributed by atoms with E-state index in [0.29, 0.717) is 12.2 Å². The van der Waals surface area contributed by atoms with Gasteiger partial charge in [-0.05, 0) is 27.7 Å². The van der Waals surface area contributed by atoms with Crippen LogP contribution in [0.2, 0.25) is 0 Å². The largest absolute Gasteiger partial charge is 0.591 e. The summed E-state index contributed by atoms with van der Waals surface area (Å²) in [4.78, 5) is 0. The molecule has 3 nitrogen and oxygen atoms in total. The molecule has 0 aromatic heterocycles. The number of hydrogen-bond acceptors (Lipinski definition) is 3. The molecule has 1 N–H and O–H groups in total. The number of allylic oxidation sites excluding steroid dienone is 1. The molecule has 1 unspecified atom stereocenters. The van der Waals surface area contributed by atoms with Gasteiger partial charge in [0.2, 0.25) is 0 Å². The SMILES string of the molecule is C=CC1(C)CNC(/C=N\[S@@+]([O-])C(C)(C)C)=C1F. The third-order valence-electron chi connectivity index (χ3n) is 2.64. The standard InChI is InChI=1S/C12H19FN2OS/c1-6-12(5)8-14-9(10(12)13)7-15-17(16)11(2,3)4/h6-7,14H,1,8H2,2-5H3/b15-7-/t12?,17-/m0/s1. The molecule has 1 aliphatic heterocycles. The van der Waals surface area contributed by atoms with Gasteiger partial charge in [-0.2, -0.15) is 0 Å². The van der Waals surface area contributed by atoms with Crippen LogP contribution in [-0.4, -0.2) is 22.1 Å². The summed E-state index contributed by atoms with van der Waals surface area (Å²) >= 11 is -1.37. The monoisotopic (exact) mass is 258 g/mol. The molecule has 1 heterocycles. The van der Waals surface area contributed by atoms with Crippen LogP contribution >= 0.6 is 0 Å². The average molecular weight is 258 g/mol. The Morgan fingerprint density at radius 3 is 2.59 bits per heavy atom. The first-order valence-electron chi connectivity index (χ1n) is 5.44. The molecule has 0 aliphatic carbocycles. The van der Waals surface area contributed by atoms with E-state index in [1.807, 2.05) is 20.8 Å². The summed E-state index contributed by atoms with van der Waals surface area (Å²) in [5.41, 5.74) is -0.394. The second-order valence-corrected chi connectivity index (χ2v) is 7.23. The quantitative estimate of drug-likeness (QED) is 0.480. The number of halogens is 1. The summed E-state index contributed by atoms with van der Waals surface area (Å²) in [5.74, 6) is -0.304. The van der Waals surface area contributed by atoms with Crippen LogP contribution in [0, 0.1) is 5.41 Å². The normalized spacial score (nSPS) is 27.4. The number of nitrogens with one attached hydrogen (secondary N) is 1. The van der Waals surface area contributed by atoms with E-state index in [9.17, 15) is 8.94 Å². The predicted octanol–water partition coefficient (Wildman–Crippen LogP) is 2.50. The Bertz CT molecular complexity index is 373. The van der Waals surface area contributed by atoms with Gasteiger partial charge in [0.25, 0.3) is 0 Å². The molecular weight excluding hydrogens is 239 g/mol. The zero-order chi connectivity index (χ0) is 13.3. The van der Waals surface area contributed by atoms with Gasteiger partial charge >= 0.3 is 0 Å². The van der Waals surface area contributed by atoms with Crippen molar-refractivity contribution in [2.24, 2.45) is 9.81 Å². The fourth-order valence-electron chi connectivity index (χ4n) is 1.26. The van der Waals surface area contributed by atoms with Gasteiger partial charge in [0.15, 0.2) is 0 Å². The average Bonchev–Trinajstić information content (AvgIpc) is 2.52. The van der Waals surface area contributed by atoms with Crippen LogP contribution < -0.4 is 5.32 Å². The van der Waals surface area contributed by atoms with Crippen molar-refractivity contribution in [2.75, 3.05) is 6.54 Å². The minimum Gasteiger partial charge on any atom is -0.591 e. The van der Waals surface area contributed by atoms with E-state index in [1.54, 1.807) is 13.0 Å². The van der Waals surface area contributed by atoms with Crippen molar-refractivity contribution in [3.63, 3.8) is 0 Å². The molecule has 2 atom stereocenters. The maximum atomic E-state index is 13.9. The van der Waals surface area contributed by atoms with Crippen molar-refractivity contribution in [2.45, 2.75) is 32.4 Å². The summed E-state index contributed by atoms with van der Waals surface area (Å²) in [6.07, 6.45) is 2.88. The lowest BCUT2D eigenvalue weighted by molar-refractivity contribution is 0.424. The Kier molecular flexibility index (Phi) is 4.04. The van der Waals surface area contributed by atoms with Crippen LogP contribution in [0.5, 0.6) is 0 Å². The molecule has 0 radical (unpaired) electrons. The van der Waals surface area contributed by atoms with Gasteiger partial charge in [-0.25, -0.2) is 4.39 Å². The van der Waals surface area contributed by atoms with E-state index in [-0.39, 0.29) is 5.83 Å². The fourth-order valence-corrected chi connectivity index (χ4v) is 1.78. The van der Waals surface area contributed by atoms with Crippen molar-refractivity contribution in [3.8, 4) is 0 Å². The Balaban J connectivity index is 2.84. The Morgan fingerprint density at radius 2 is 2.18 bits per heavy atom. The van der Waals surface area contributed by atoms with Gasteiger partial charge in [-0.1, -0.05) is 10.5 Å². The molecule has 0 saturated heterocycles. The van der Waals surface area contributed by atoms with E-state index < -0.39 is 21.5 Å². The Hall–Kier alpha value is -0.810. The number of rotatable bonds is 3. The second kappa shape index (κ2) is 4.82. The molecule has 0 bridgehead atoms. The highest BCUT2D eigenvalue weighted by Gasteiger charge is 2.35. The van der Waals surface area contributed by atoms with Crippen molar-refractivity contribution in [1.29, 1.82) is 0 Å². The Morgan fingerprint density at radius 1 is 1.59 bits per heavy atom. The molecule has 0 aromatic carbocycles. The van der Waals surface area contributed by atoms with Crippen LogP contribution in [0.25, 0.3) is 0 Å². The third-order valence-corrected chi connectivity index (χ3v) is 3.98. The second-order valence-electron chi connectivity index (χ2n) is 5.30. The summed E-state index contributed by atoms with van der Waals surface area (Å²) in [6, 6.07) is 0. The molecule has 17 heavy (non-hydrogen) atoms. The summed E-state index contributed by atoms with van der Waals surface area (Å²) in [5, 5.41) is 2.90. The first kappa shape index (κ1) is 14.3. The molecule has 5 heteroatoms. The van der Waals surface area contributed by atoms with E-state index in [2.05, 4.69) is 16.3 Å². The lowest BCUT2D eigenvalue weighted by Crippen LogP contribution is -2.26. The summed E-state index contributed by atoms with van der Waals surface area (Å²) in [7, 11) is 0. The van der Waals surface area contributed by atoms with Gasteiger partial charge in [-0.3, -0.25) is 0 Å². The topological polar surface area (TPSA) is 47.5 Å². The van der Waals surface area contributed by atoms with Crippen LogP contribution in [0.1, 0.15) is 27.7 Å². The molecule has 0 saturated carbocycles. The number of hydrogen-bond donors (Lipinski definition) is 1. The first-order valence-corrected chi connectivity index (χ1v) is 6.55. The molecule has 0 fully saturated rings. The number of nitrogens with zero attached hydrogens (tertiary/aromatic N) is 1. The van der Waals surface area contributed by atoms with Crippen molar-refractivity contribution in [1.82, 2.24) is 5.32 Å². The van der Waals surface area contributed by atoms with Crippen LogP contribution in [0.3, 0.4) is 0 Å². The van der Waals surface area contributed by atoms with Crippen LogP contribution in [0.15, 0.2) is 28.6 Å². The summed E-state index contributed by atoms with van der Waals surface area (Å²) in [6.45, 7) is 11.3. The molecule has 1 rings (SSSR count). The Labute approximate surface area is 105 Å². The fraction of sp³-hybridized carbons (Fsp3) is 0.583.